The van der Waals surface area contributed by atoms with Crippen molar-refractivity contribution < 1.29 is 9.59 Å². The average Bonchev–Trinajstić information content (AvgIpc) is 2.51. The van der Waals surface area contributed by atoms with Gasteiger partial charge in [-0.15, -0.1) is 0 Å². The highest BCUT2D eigenvalue weighted by Crippen LogP contribution is 2.10. The maximum absolute atomic E-state index is 12.2. The van der Waals surface area contributed by atoms with Gasteiger partial charge < -0.3 is 14.8 Å². The molecule has 0 bridgehead atoms. The molecule has 0 radical (unpaired) electrons. The third-order valence-corrected chi connectivity index (χ3v) is 3.40. The molecule has 0 saturated carbocycles. The van der Waals surface area contributed by atoms with Crippen LogP contribution in [0.5, 0.6) is 0 Å². The summed E-state index contributed by atoms with van der Waals surface area (Å²) in [6.07, 6.45) is 1.45. The van der Waals surface area contributed by atoms with Crippen molar-refractivity contribution in [3.8, 4) is 0 Å². The molecule has 0 aliphatic rings. The van der Waals surface area contributed by atoms with Crippen molar-refractivity contribution in [1.29, 1.82) is 0 Å². The van der Waals surface area contributed by atoms with Crippen LogP contribution >= 0.6 is 0 Å². The first-order chi connectivity index (χ1) is 10.8. The zero-order chi connectivity index (χ0) is 17.1. The number of anilines is 1. The first kappa shape index (κ1) is 16.5. The number of hydrogen-bond acceptors (Lipinski definition) is 3. The zero-order valence-electron chi connectivity index (χ0n) is 13.6. The Morgan fingerprint density at radius 3 is 2.26 bits per heavy atom. The Hall–Kier alpha value is -2.89. The minimum atomic E-state index is -0.392. The highest BCUT2D eigenvalue weighted by Gasteiger charge is 2.15. The van der Waals surface area contributed by atoms with E-state index in [1.165, 1.54) is 28.8 Å². The number of nitrogens with zero attached hydrogens (tertiary/aromatic N) is 2. The van der Waals surface area contributed by atoms with Crippen molar-refractivity contribution in [2.45, 2.75) is 6.92 Å². The summed E-state index contributed by atoms with van der Waals surface area (Å²) < 4.78 is 1.28. The highest BCUT2D eigenvalue weighted by molar-refractivity contribution is 6.05. The van der Waals surface area contributed by atoms with E-state index >= 15 is 0 Å². The summed E-state index contributed by atoms with van der Waals surface area (Å²) in [6.45, 7) is 1.92. The van der Waals surface area contributed by atoms with Crippen LogP contribution in [0.3, 0.4) is 0 Å². The Morgan fingerprint density at radius 2 is 1.70 bits per heavy atom. The molecule has 0 saturated heterocycles. The van der Waals surface area contributed by atoms with Gasteiger partial charge in [-0.3, -0.25) is 14.4 Å². The van der Waals surface area contributed by atoms with Crippen LogP contribution in [0.1, 0.15) is 26.3 Å². The maximum atomic E-state index is 12.2. The van der Waals surface area contributed by atoms with E-state index in [9.17, 15) is 14.4 Å². The van der Waals surface area contributed by atoms with Crippen LogP contribution in [-0.4, -0.2) is 35.4 Å². The standard InChI is InChI=1S/C17H19N3O3/c1-11-5-7-12(8-6-11)15(21)18-14-9-13(16(22)19(2)3)10-20(4)17(14)23/h5-10H,1-4H3,(H,18,21). The van der Waals surface area contributed by atoms with E-state index in [2.05, 4.69) is 5.32 Å². The number of rotatable bonds is 3. The maximum Gasteiger partial charge on any atom is 0.274 e. The molecule has 6 heteroatoms. The Labute approximate surface area is 134 Å². The fourth-order valence-corrected chi connectivity index (χ4v) is 2.08. The van der Waals surface area contributed by atoms with Crippen LogP contribution in [0, 0.1) is 6.92 Å². The molecule has 1 aromatic carbocycles. The lowest BCUT2D eigenvalue weighted by molar-refractivity contribution is 0.0826. The van der Waals surface area contributed by atoms with Gasteiger partial charge in [0.25, 0.3) is 17.4 Å². The number of aryl methyl sites for hydroxylation is 2. The van der Waals surface area contributed by atoms with Gasteiger partial charge in [-0.2, -0.15) is 0 Å². The molecule has 0 fully saturated rings. The average molecular weight is 313 g/mol. The van der Waals surface area contributed by atoms with Crippen LogP contribution < -0.4 is 10.9 Å². The summed E-state index contributed by atoms with van der Waals surface area (Å²) >= 11 is 0. The van der Waals surface area contributed by atoms with E-state index in [4.69, 9.17) is 0 Å². The molecule has 1 N–H and O–H groups in total. The van der Waals surface area contributed by atoms with E-state index in [0.717, 1.165) is 5.56 Å². The van der Waals surface area contributed by atoms with Gasteiger partial charge in [-0.1, -0.05) is 17.7 Å². The minimum absolute atomic E-state index is 0.0748. The summed E-state index contributed by atoms with van der Waals surface area (Å²) in [6, 6.07) is 8.41. The first-order valence-electron chi connectivity index (χ1n) is 7.10. The summed E-state index contributed by atoms with van der Waals surface area (Å²) in [5.41, 5.74) is 1.51. The van der Waals surface area contributed by atoms with Gasteiger partial charge in [0.2, 0.25) is 0 Å². The smallest absolute Gasteiger partial charge is 0.274 e. The van der Waals surface area contributed by atoms with Gasteiger partial charge in [0, 0.05) is 32.9 Å². The summed E-state index contributed by atoms with van der Waals surface area (Å²) in [5.74, 6) is -0.636. The number of nitrogens with one attached hydrogen (secondary N) is 1. The van der Waals surface area contributed by atoms with E-state index in [1.807, 2.05) is 19.1 Å². The predicted octanol–water partition coefficient (Wildman–Crippen LogP) is 1.65. The van der Waals surface area contributed by atoms with E-state index in [0.29, 0.717) is 11.1 Å². The third kappa shape index (κ3) is 3.66. The largest absolute Gasteiger partial charge is 0.345 e. The highest BCUT2D eigenvalue weighted by atomic mass is 16.2. The van der Waals surface area contributed by atoms with Crippen molar-refractivity contribution in [2.24, 2.45) is 7.05 Å². The lowest BCUT2D eigenvalue weighted by atomic mass is 10.1. The van der Waals surface area contributed by atoms with Gasteiger partial charge in [0.15, 0.2) is 0 Å². The second kappa shape index (κ2) is 6.48. The first-order valence-corrected chi connectivity index (χ1v) is 7.10. The molecule has 0 aliphatic heterocycles. The van der Waals surface area contributed by atoms with Crippen molar-refractivity contribution in [2.75, 3.05) is 19.4 Å². The number of hydrogen-bond donors (Lipinski definition) is 1. The molecule has 23 heavy (non-hydrogen) atoms. The predicted molar refractivity (Wildman–Crippen MR) is 88.8 cm³/mol. The number of amides is 2. The molecular formula is C17H19N3O3. The Morgan fingerprint density at radius 1 is 1.09 bits per heavy atom. The van der Waals surface area contributed by atoms with Crippen LogP contribution in [-0.2, 0) is 7.05 Å². The fourth-order valence-electron chi connectivity index (χ4n) is 2.08. The Kier molecular flexibility index (Phi) is 4.64. The van der Waals surface area contributed by atoms with Gasteiger partial charge >= 0.3 is 0 Å². The third-order valence-electron chi connectivity index (χ3n) is 3.40. The molecule has 0 unspecified atom stereocenters. The van der Waals surface area contributed by atoms with Crippen LogP contribution in [0.15, 0.2) is 41.3 Å². The SMILES string of the molecule is Cc1ccc(C(=O)Nc2cc(C(=O)N(C)C)cn(C)c2=O)cc1. The molecule has 1 aromatic heterocycles. The summed E-state index contributed by atoms with van der Waals surface area (Å²) in [7, 11) is 4.78. The normalized spacial score (nSPS) is 10.3. The lowest BCUT2D eigenvalue weighted by Gasteiger charge is -2.13. The molecule has 120 valence electrons. The number of pyridine rings is 1. The molecular weight excluding hydrogens is 294 g/mol. The molecule has 1 heterocycles. The molecule has 6 nitrogen and oxygen atoms in total. The van der Waals surface area contributed by atoms with Gasteiger partial charge in [-0.25, -0.2) is 0 Å². The monoisotopic (exact) mass is 313 g/mol. The quantitative estimate of drug-likeness (QED) is 0.936. The van der Waals surface area contributed by atoms with Gasteiger partial charge in [0.05, 0.1) is 5.56 Å². The van der Waals surface area contributed by atoms with Crippen molar-refractivity contribution in [3.63, 3.8) is 0 Å². The van der Waals surface area contributed by atoms with Crippen molar-refractivity contribution >= 4 is 17.5 Å². The molecule has 2 rings (SSSR count). The summed E-state index contributed by atoms with van der Waals surface area (Å²) in [4.78, 5) is 37.9. The Bertz CT molecular complexity index is 805. The topological polar surface area (TPSA) is 71.4 Å². The van der Waals surface area contributed by atoms with Crippen molar-refractivity contribution in [1.82, 2.24) is 9.47 Å². The zero-order valence-corrected chi connectivity index (χ0v) is 13.6. The van der Waals surface area contributed by atoms with E-state index in [-0.39, 0.29) is 17.2 Å². The fraction of sp³-hybridized carbons (Fsp3) is 0.235. The summed E-state index contributed by atoms with van der Waals surface area (Å²) in [5, 5.41) is 2.58. The second-order valence-electron chi connectivity index (χ2n) is 5.58. The number of benzene rings is 1. The Balaban J connectivity index is 2.35. The van der Waals surface area contributed by atoms with Gasteiger partial charge in [0.1, 0.15) is 5.69 Å². The molecule has 2 amide bonds. The number of carbonyl (C=O) groups excluding carboxylic acids is 2. The number of carbonyl (C=O) groups is 2. The van der Waals surface area contributed by atoms with E-state index < -0.39 is 5.91 Å². The minimum Gasteiger partial charge on any atom is -0.345 e. The van der Waals surface area contributed by atoms with Crippen LogP contribution in [0.4, 0.5) is 5.69 Å². The lowest BCUT2D eigenvalue weighted by Crippen LogP contribution is -2.28. The molecule has 0 spiro atoms. The second-order valence-corrected chi connectivity index (χ2v) is 5.58. The molecule has 0 atom stereocenters. The van der Waals surface area contributed by atoms with E-state index in [1.54, 1.807) is 26.2 Å². The number of aromatic nitrogens is 1. The van der Waals surface area contributed by atoms with Crippen molar-refractivity contribution in [3.05, 3.63) is 63.6 Å². The van der Waals surface area contributed by atoms with Crippen LogP contribution in [0.2, 0.25) is 0 Å². The molecule has 2 aromatic rings. The molecule has 0 aliphatic carbocycles. The van der Waals surface area contributed by atoms with Gasteiger partial charge in [-0.05, 0) is 25.1 Å². The van der Waals surface area contributed by atoms with Crippen LogP contribution in [0.25, 0.3) is 0 Å².